The summed E-state index contributed by atoms with van der Waals surface area (Å²) in [7, 11) is -2.10. The van der Waals surface area contributed by atoms with E-state index in [9.17, 15) is 8.42 Å². The summed E-state index contributed by atoms with van der Waals surface area (Å²) in [5, 5.41) is 13.4. The van der Waals surface area contributed by atoms with E-state index in [-0.39, 0.29) is 17.1 Å². The summed E-state index contributed by atoms with van der Waals surface area (Å²) in [5.74, 6) is 1.86. The van der Waals surface area contributed by atoms with Gasteiger partial charge in [0.05, 0.1) is 30.9 Å². The van der Waals surface area contributed by atoms with Gasteiger partial charge in [-0.1, -0.05) is 6.92 Å². The standard InChI is InChI=1S/C26H39N7O4S/c1-4-18(2)28-25-21-7-10-27-24(21)30-26(31-25)29-22-6-5-20(17-23(22)36-3)38(34,35)33-11-8-19(9-12-33)32-13-15-37-16-14-32/h5-7,10,17-19,24,27-28H,4,8-9,11-16H2,1-3H3,(H2,29,30,31). The van der Waals surface area contributed by atoms with Crippen molar-refractivity contribution < 1.29 is 17.9 Å². The molecule has 4 N–H and O–H groups in total. The molecule has 1 aromatic rings. The maximum Gasteiger partial charge on any atom is 0.243 e. The van der Waals surface area contributed by atoms with E-state index in [0.29, 0.717) is 36.5 Å². The quantitative estimate of drug-likeness (QED) is 0.386. The second-order valence-corrected chi connectivity index (χ2v) is 12.0. The van der Waals surface area contributed by atoms with Crippen molar-refractivity contribution in [2.45, 2.75) is 56.3 Å². The van der Waals surface area contributed by atoms with Crippen LogP contribution in [0.4, 0.5) is 5.69 Å². The maximum absolute atomic E-state index is 13.5. The Kier molecular flexibility index (Phi) is 8.12. The number of anilines is 1. The molecule has 4 heterocycles. The molecular weight excluding hydrogens is 506 g/mol. The highest BCUT2D eigenvalue weighted by atomic mass is 32.2. The SMILES string of the molecule is CCC(C)NC1=C2C=CNC2N=C(Nc2ccc(S(=O)(=O)N3CCC(N4CCOCC4)CC3)cc2OC)N1. The Balaban J connectivity index is 1.27. The first kappa shape index (κ1) is 26.8. The Morgan fingerprint density at radius 1 is 1.21 bits per heavy atom. The number of morpholine rings is 1. The van der Waals surface area contributed by atoms with Gasteiger partial charge in [-0.2, -0.15) is 4.31 Å². The van der Waals surface area contributed by atoms with Gasteiger partial charge in [-0.3, -0.25) is 4.90 Å². The minimum absolute atomic E-state index is 0.198. The molecule has 0 saturated carbocycles. The summed E-state index contributed by atoms with van der Waals surface area (Å²) in [5.41, 5.74) is 1.67. The van der Waals surface area contributed by atoms with Crippen molar-refractivity contribution in [2.75, 3.05) is 51.8 Å². The lowest BCUT2D eigenvalue weighted by atomic mass is 10.0. The van der Waals surface area contributed by atoms with Gasteiger partial charge in [0.25, 0.3) is 0 Å². The van der Waals surface area contributed by atoms with Crippen LogP contribution in [0, 0.1) is 0 Å². The van der Waals surface area contributed by atoms with Crippen LogP contribution in [0.15, 0.2) is 51.8 Å². The van der Waals surface area contributed by atoms with E-state index < -0.39 is 10.0 Å². The fourth-order valence-electron chi connectivity index (χ4n) is 5.22. The zero-order valence-electron chi connectivity index (χ0n) is 22.4. The van der Waals surface area contributed by atoms with E-state index in [4.69, 9.17) is 14.5 Å². The highest BCUT2D eigenvalue weighted by Crippen LogP contribution is 2.31. The van der Waals surface area contributed by atoms with E-state index in [2.05, 4.69) is 40.0 Å². The lowest BCUT2D eigenvalue weighted by molar-refractivity contribution is 0.00610. The fourth-order valence-corrected chi connectivity index (χ4v) is 6.71. The monoisotopic (exact) mass is 545 g/mol. The summed E-state index contributed by atoms with van der Waals surface area (Å²) in [6.45, 7) is 8.62. The third-order valence-corrected chi connectivity index (χ3v) is 9.55. The van der Waals surface area contributed by atoms with Crippen molar-refractivity contribution >= 4 is 21.7 Å². The highest BCUT2D eigenvalue weighted by molar-refractivity contribution is 7.89. The van der Waals surface area contributed by atoms with Crippen LogP contribution in [0.5, 0.6) is 5.75 Å². The molecule has 0 aliphatic carbocycles. The van der Waals surface area contributed by atoms with E-state index in [0.717, 1.165) is 57.0 Å². The predicted molar refractivity (Wildman–Crippen MR) is 147 cm³/mol. The topological polar surface area (TPSA) is 120 Å². The first-order chi connectivity index (χ1) is 18.4. The zero-order chi connectivity index (χ0) is 26.7. The van der Waals surface area contributed by atoms with Gasteiger partial charge < -0.3 is 30.7 Å². The fraction of sp³-hybridized carbons (Fsp3) is 0.577. The normalized spacial score (nSPS) is 23.8. The molecule has 0 aromatic heterocycles. The molecule has 0 spiro atoms. The molecule has 1 aromatic carbocycles. The molecule has 12 heteroatoms. The molecule has 0 amide bonds. The smallest absolute Gasteiger partial charge is 0.243 e. The Labute approximate surface area is 225 Å². The summed E-state index contributed by atoms with van der Waals surface area (Å²) >= 11 is 0. The van der Waals surface area contributed by atoms with Crippen LogP contribution < -0.4 is 26.0 Å². The molecule has 2 unspecified atom stereocenters. The van der Waals surface area contributed by atoms with Crippen LogP contribution in [0.2, 0.25) is 0 Å². The third kappa shape index (κ3) is 5.63. The summed E-state index contributed by atoms with van der Waals surface area (Å²) in [6.07, 6.45) is 6.33. The molecule has 5 rings (SSSR count). The van der Waals surface area contributed by atoms with Crippen molar-refractivity contribution in [3.05, 3.63) is 41.9 Å². The summed E-state index contributed by atoms with van der Waals surface area (Å²) in [6, 6.07) is 5.65. The first-order valence-electron chi connectivity index (χ1n) is 13.4. The molecule has 0 bridgehead atoms. The number of nitrogens with one attached hydrogen (secondary N) is 4. The second kappa shape index (κ2) is 11.5. The van der Waals surface area contributed by atoms with Gasteiger partial charge in [0.1, 0.15) is 11.6 Å². The number of hydrogen-bond donors (Lipinski definition) is 4. The van der Waals surface area contributed by atoms with Crippen molar-refractivity contribution in [1.82, 2.24) is 25.2 Å². The zero-order valence-corrected chi connectivity index (χ0v) is 23.2. The number of guanidine groups is 1. The Bertz CT molecular complexity index is 1200. The van der Waals surface area contributed by atoms with Crippen molar-refractivity contribution in [3.63, 3.8) is 0 Å². The van der Waals surface area contributed by atoms with Crippen LogP contribution >= 0.6 is 0 Å². The van der Waals surface area contributed by atoms with Crippen LogP contribution in [0.25, 0.3) is 0 Å². The maximum atomic E-state index is 13.5. The van der Waals surface area contributed by atoms with Crippen molar-refractivity contribution in [1.29, 1.82) is 0 Å². The second-order valence-electron chi connectivity index (χ2n) is 10.1. The predicted octanol–water partition coefficient (Wildman–Crippen LogP) is 1.59. The number of nitrogens with zero attached hydrogens (tertiary/aromatic N) is 3. The number of ether oxygens (including phenoxy) is 2. The van der Waals surface area contributed by atoms with Gasteiger partial charge in [-0.05, 0) is 50.6 Å². The van der Waals surface area contributed by atoms with Crippen LogP contribution in [0.1, 0.15) is 33.1 Å². The van der Waals surface area contributed by atoms with E-state index in [1.54, 1.807) is 22.5 Å². The molecule has 4 aliphatic heterocycles. The van der Waals surface area contributed by atoms with Gasteiger partial charge >= 0.3 is 0 Å². The number of fused-ring (bicyclic) bond motifs is 1. The molecule has 208 valence electrons. The third-order valence-electron chi connectivity index (χ3n) is 7.65. The molecule has 4 aliphatic rings. The minimum atomic E-state index is -3.63. The molecule has 2 saturated heterocycles. The van der Waals surface area contributed by atoms with Gasteiger partial charge in [0.2, 0.25) is 16.0 Å². The van der Waals surface area contributed by atoms with Crippen LogP contribution in [-0.4, -0.2) is 88.3 Å². The molecule has 2 fully saturated rings. The Hall–Kier alpha value is -2.80. The van der Waals surface area contributed by atoms with Crippen molar-refractivity contribution in [3.8, 4) is 5.75 Å². The van der Waals surface area contributed by atoms with Gasteiger partial charge in [0, 0.05) is 49.9 Å². The summed E-state index contributed by atoms with van der Waals surface area (Å²) < 4.78 is 39.6. The number of benzene rings is 1. The summed E-state index contributed by atoms with van der Waals surface area (Å²) in [4.78, 5) is 7.37. The van der Waals surface area contributed by atoms with E-state index >= 15 is 0 Å². The number of hydrogen-bond acceptors (Lipinski definition) is 10. The van der Waals surface area contributed by atoms with Crippen molar-refractivity contribution in [2.24, 2.45) is 4.99 Å². The largest absolute Gasteiger partial charge is 0.495 e. The average molecular weight is 546 g/mol. The minimum Gasteiger partial charge on any atom is -0.495 e. The molecule has 11 nitrogen and oxygen atoms in total. The lowest BCUT2D eigenvalue weighted by Crippen LogP contribution is -2.50. The van der Waals surface area contributed by atoms with E-state index in [1.165, 1.54) is 7.11 Å². The number of rotatable bonds is 8. The molecule has 38 heavy (non-hydrogen) atoms. The lowest BCUT2D eigenvalue weighted by Gasteiger charge is -2.39. The van der Waals surface area contributed by atoms with Gasteiger partial charge in [-0.15, -0.1) is 0 Å². The molecule has 0 radical (unpaired) electrons. The Morgan fingerprint density at radius 3 is 2.68 bits per heavy atom. The Morgan fingerprint density at radius 2 is 1.97 bits per heavy atom. The van der Waals surface area contributed by atoms with Gasteiger partial charge in [0.15, 0.2) is 6.17 Å². The average Bonchev–Trinajstić information content (AvgIpc) is 3.43. The van der Waals surface area contributed by atoms with Crippen LogP contribution in [-0.2, 0) is 14.8 Å². The van der Waals surface area contributed by atoms with E-state index in [1.807, 2.05) is 12.3 Å². The first-order valence-corrected chi connectivity index (χ1v) is 14.9. The number of sulfonamides is 1. The number of aliphatic imine (C=N–C) groups is 1. The molecule has 2 atom stereocenters. The van der Waals surface area contributed by atoms with Crippen LogP contribution in [0.3, 0.4) is 0 Å². The molecular formula is C26H39N7O4S. The highest BCUT2D eigenvalue weighted by Gasteiger charge is 2.33. The number of piperidine rings is 1. The van der Waals surface area contributed by atoms with Gasteiger partial charge in [-0.25, -0.2) is 13.4 Å². The number of methoxy groups -OCH3 is 1.